The number of carboxylic acid groups (broad SMARTS) is 1. The van der Waals surface area contributed by atoms with Crippen LogP contribution in [0.4, 0.5) is 0 Å². The summed E-state index contributed by atoms with van der Waals surface area (Å²) < 4.78 is 0. The first-order valence-corrected chi connectivity index (χ1v) is 13.5. The highest BCUT2D eigenvalue weighted by molar-refractivity contribution is 5.66. The number of hydrogen-bond acceptors (Lipinski definition) is 3. The summed E-state index contributed by atoms with van der Waals surface area (Å²) in [5.41, 5.74) is -0.254. The van der Waals surface area contributed by atoms with E-state index in [0.29, 0.717) is 30.6 Å². The standard InChI is InChI=1S/C30H50O4/c1-20(2)21-12-19-29(7)24(27(21,5)17-14-25(31)32)11-10-22-23(13-18-28(22,29)6)30(8,34)16-9-15-26(3,4)33/h9,15,21-24,33-34H,1,10-14,16-19H2,2-8H3,(H,31,32). The topological polar surface area (TPSA) is 77.8 Å². The molecule has 0 aromatic heterocycles. The molecule has 8 atom stereocenters. The van der Waals surface area contributed by atoms with Crippen molar-refractivity contribution < 1.29 is 20.1 Å². The molecule has 3 rings (SSSR count). The number of aliphatic hydroxyl groups is 2. The number of carboxylic acids is 1. The Hall–Kier alpha value is -1.13. The lowest BCUT2D eigenvalue weighted by atomic mass is 9.38. The molecule has 0 saturated heterocycles. The predicted octanol–water partition coefficient (Wildman–Crippen LogP) is 6.76. The number of fused-ring (bicyclic) bond motifs is 3. The van der Waals surface area contributed by atoms with Crippen LogP contribution in [0.25, 0.3) is 0 Å². The minimum absolute atomic E-state index is 0.0543. The van der Waals surface area contributed by atoms with Crippen LogP contribution >= 0.6 is 0 Å². The van der Waals surface area contributed by atoms with Gasteiger partial charge in [0.1, 0.15) is 0 Å². The van der Waals surface area contributed by atoms with Gasteiger partial charge in [0, 0.05) is 6.42 Å². The summed E-state index contributed by atoms with van der Waals surface area (Å²) >= 11 is 0. The number of aliphatic carboxylic acids is 1. The SMILES string of the molecule is C=C(C)C1CCC2(C)C(CCC3C(C(C)(O)CC=CC(C)(C)O)CCC32C)C1(C)CCC(=O)O. The average Bonchev–Trinajstić information content (AvgIpc) is 3.04. The fraction of sp³-hybridized carbons (Fsp3) is 0.833. The summed E-state index contributed by atoms with van der Waals surface area (Å²) in [5.74, 6) is 0.840. The van der Waals surface area contributed by atoms with Crippen molar-refractivity contribution in [3.8, 4) is 0 Å². The summed E-state index contributed by atoms with van der Waals surface area (Å²) in [7, 11) is 0. The predicted molar refractivity (Wildman–Crippen MR) is 138 cm³/mol. The number of allylic oxidation sites excluding steroid dienone is 1. The van der Waals surface area contributed by atoms with E-state index in [-0.39, 0.29) is 28.6 Å². The normalized spacial score (nSPS) is 42.1. The minimum Gasteiger partial charge on any atom is -0.481 e. The third-order valence-corrected chi connectivity index (χ3v) is 11.0. The van der Waals surface area contributed by atoms with Crippen LogP contribution in [0.2, 0.25) is 0 Å². The molecule has 4 nitrogen and oxygen atoms in total. The number of carbonyl (C=O) groups is 1. The lowest BCUT2D eigenvalue weighted by Crippen LogP contribution is -2.60. The van der Waals surface area contributed by atoms with Crippen LogP contribution in [0.3, 0.4) is 0 Å². The van der Waals surface area contributed by atoms with E-state index in [0.717, 1.165) is 38.5 Å². The van der Waals surface area contributed by atoms with Crippen molar-refractivity contribution in [1.82, 2.24) is 0 Å². The molecule has 4 heteroatoms. The Morgan fingerprint density at radius 1 is 1.03 bits per heavy atom. The molecule has 0 spiro atoms. The molecule has 0 bridgehead atoms. The molecule has 3 saturated carbocycles. The summed E-state index contributed by atoms with van der Waals surface area (Å²) in [4.78, 5) is 11.6. The van der Waals surface area contributed by atoms with Crippen LogP contribution in [0.1, 0.15) is 106 Å². The van der Waals surface area contributed by atoms with Crippen molar-refractivity contribution in [2.45, 2.75) is 117 Å². The van der Waals surface area contributed by atoms with Gasteiger partial charge in [-0.1, -0.05) is 45.1 Å². The number of hydrogen-bond donors (Lipinski definition) is 3. The Morgan fingerprint density at radius 2 is 1.65 bits per heavy atom. The number of rotatable bonds is 8. The molecular formula is C30H50O4. The maximum absolute atomic E-state index is 11.6. The first-order valence-electron chi connectivity index (χ1n) is 13.5. The molecule has 3 N–H and O–H groups in total. The Morgan fingerprint density at radius 3 is 2.21 bits per heavy atom. The largest absolute Gasteiger partial charge is 0.481 e. The van der Waals surface area contributed by atoms with Crippen LogP contribution in [0.15, 0.2) is 24.3 Å². The van der Waals surface area contributed by atoms with Crippen molar-refractivity contribution in [2.75, 3.05) is 0 Å². The van der Waals surface area contributed by atoms with Crippen molar-refractivity contribution in [3.05, 3.63) is 24.3 Å². The van der Waals surface area contributed by atoms with Gasteiger partial charge in [-0.05, 0) is 119 Å². The van der Waals surface area contributed by atoms with Crippen LogP contribution < -0.4 is 0 Å². The molecule has 194 valence electrons. The van der Waals surface area contributed by atoms with E-state index in [1.54, 1.807) is 19.9 Å². The summed E-state index contributed by atoms with van der Waals surface area (Å²) in [6.07, 6.45) is 11.8. The molecule has 0 aromatic carbocycles. The lowest BCUT2D eigenvalue weighted by molar-refractivity contribution is -0.178. The Labute approximate surface area is 207 Å². The van der Waals surface area contributed by atoms with Gasteiger partial charge in [-0.2, -0.15) is 0 Å². The maximum Gasteiger partial charge on any atom is 0.303 e. The van der Waals surface area contributed by atoms with Crippen LogP contribution in [-0.2, 0) is 4.79 Å². The molecule has 0 aromatic rings. The Balaban J connectivity index is 1.91. The van der Waals surface area contributed by atoms with E-state index in [1.165, 1.54) is 5.57 Å². The van der Waals surface area contributed by atoms with Crippen molar-refractivity contribution >= 4 is 5.97 Å². The highest BCUT2D eigenvalue weighted by Crippen LogP contribution is 2.74. The van der Waals surface area contributed by atoms with Gasteiger partial charge in [0.25, 0.3) is 0 Å². The second-order valence-corrected chi connectivity index (χ2v) is 13.7. The van der Waals surface area contributed by atoms with Crippen LogP contribution in [0, 0.1) is 39.9 Å². The molecule has 34 heavy (non-hydrogen) atoms. The molecule has 0 heterocycles. The van der Waals surface area contributed by atoms with Gasteiger partial charge in [0.15, 0.2) is 0 Å². The molecule has 3 fully saturated rings. The molecule has 3 aliphatic carbocycles. The van der Waals surface area contributed by atoms with Gasteiger partial charge in [-0.3, -0.25) is 4.79 Å². The Bertz CT molecular complexity index is 820. The summed E-state index contributed by atoms with van der Waals surface area (Å²) in [6.45, 7) is 19.3. The quantitative estimate of drug-likeness (QED) is 0.340. The van der Waals surface area contributed by atoms with Crippen molar-refractivity contribution in [1.29, 1.82) is 0 Å². The molecule has 0 radical (unpaired) electrons. The first kappa shape index (κ1) is 27.5. The van der Waals surface area contributed by atoms with E-state index in [2.05, 4.69) is 34.3 Å². The molecule has 3 aliphatic rings. The van der Waals surface area contributed by atoms with Gasteiger partial charge in [-0.15, -0.1) is 0 Å². The lowest BCUT2D eigenvalue weighted by Gasteiger charge is -2.66. The highest BCUT2D eigenvalue weighted by atomic mass is 16.4. The maximum atomic E-state index is 11.6. The second kappa shape index (κ2) is 9.07. The second-order valence-electron chi connectivity index (χ2n) is 13.7. The third kappa shape index (κ3) is 4.66. The highest BCUT2D eigenvalue weighted by Gasteiger charge is 2.67. The average molecular weight is 475 g/mol. The van der Waals surface area contributed by atoms with E-state index in [4.69, 9.17) is 0 Å². The van der Waals surface area contributed by atoms with E-state index in [9.17, 15) is 20.1 Å². The van der Waals surface area contributed by atoms with Gasteiger partial charge in [-0.25, -0.2) is 0 Å². The third-order valence-electron chi connectivity index (χ3n) is 11.0. The zero-order valence-electron chi connectivity index (χ0n) is 22.8. The molecule has 0 aliphatic heterocycles. The first-order chi connectivity index (χ1) is 15.5. The zero-order chi connectivity index (χ0) is 25.7. The fourth-order valence-corrected chi connectivity index (χ4v) is 9.13. The van der Waals surface area contributed by atoms with E-state index >= 15 is 0 Å². The van der Waals surface area contributed by atoms with E-state index < -0.39 is 17.2 Å². The van der Waals surface area contributed by atoms with Crippen LogP contribution in [-0.4, -0.2) is 32.5 Å². The van der Waals surface area contributed by atoms with Crippen molar-refractivity contribution in [3.63, 3.8) is 0 Å². The molecule has 0 amide bonds. The smallest absolute Gasteiger partial charge is 0.303 e. The summed E-state index contributed by atoms with van der Waals surface area (Å²) in [5, 5.41) is 31.2. The van der Waals surface area contributed by atoms with Gasteiger partial charge in [0.2, 0.25) is 0 Å². The van der Waals surface area contributed by atoms with Crippen molar-refractivity contribution in [2.24, 2.45) is 39.9 Å². The summed E-state index contributed by atoms with van der Waals surface area (Å²) in [6, 6.07) is 0. The van der Waals surface area contributed by atoms with E-state index in [1.807, 2.05) is 13.0 Å². The zero-order valence-corrected chi connectivity index (χ0v) is 22.8. The Kier molecular flexibility index (Phi) is 7.32. The van der Waals surface area contributed by atoms with Gasteiger partial charge in [0.05, 0.1) is 11.2 Å². The molecular weight excluding hydrogens is 424 g/mol. The fourth-order valence-electron chi connectivity index (χ4n) is 9.13. The van der Waals surface area contributed by atoms with Gasteiger partial charge >= 0.3 is 5.97 Å². The monoisotopic (exact) mass is 474 g/mol. The minimum atomic E-state index is -0.867. The molecule has 8 unspecified atom stereocenters. The van der Waals surface area contributed by atoms with Crippen LogP contribution in [0.5, 0.6) is 0 Å². The van der Waals surface area contributed by atoms with Gasteiger partial charge < -0.3 is 15.3 Å².